The standard InChI is InChI=1S/C12H18N2/c1-7-12(5,6)11-9(3)13-14(8-2)10(11)4/h1H,8H2,2-6H3. The number of rotatable bonds is 2. The van der Waals surface area contributed by atoms with Gasteiger partial charge in [0.1, 0.15) is 0 Å². The van der Waals surface area contributed by atoms with E-state index in [-0.39, 0.29) is 5.41 Å². The molecule has 0 amide bonds. The lowest BCUT2D eigenvalue weighted by molar-refractivity contribution is 0.627. The minimum absolute atomic E-state index is 0.221. The van der Waals surface area contributed by atoms with Crippen LogP contribution >= 0.6 is 0 Å². The highest BCUT2D eigenvalue weighted by Crippen LogP contribution is 2.28. The van der Waals surface area contributed by atoms with Crippen molar-refractivity contribution in [3.8, 4) is 12.3 Å². The van der Waals surface area contributed by atoms with Crippen molar-refractivity contribution in [2.75, 3.05) is 0 Å². The molecule has 0 aliphatic rings. The molecule has 0 saturated carbocycles. The maximum absolute atomic E-state index is 5.54. The van der Waals surface area contributed by atoms with Gasteiger partial charge in [0, 0.05) is 17.8 Å². The number of aromatic nitrogens is 2. The van der Waals surface area contributed by atoms with E-state index in [2.05, 4.69) is 38.7 Å². The van der Waals surface area contributed by atoms with Gasteiger partial charge in [-0.05, 0) is 34.6 Å². The molecule has 1 aromatic heterocycles. The molecular formula is C12H18N2. The molecule has 1 heterocycles. The molecule has 0 bridgehead atoms. The molecule has 0 fully saturated rings. The van der Waals surface area contributed by atoms with Crippen LogP contribution in [0.3, 0.4) is 0 Å². The van der Waals surface area contributed by atoms with E-state index >= 15 is 0 Å². The Morgan fingerprint density at radius 2 is 2.00 bits per heavy atom. The van der Waals surface area contributed by atoms with E-state index in [0.717, 1.165) is 12.2 Å². The molecule has 0 N–H and O–H groups in total. The Labute approximate surface area is 86.3 Å². The van der Waals surface area contributed by atoms with Gasteiger partial charge in [0.25, 0.3) is 0 Å². The quantitative estimate of drug-likeness (QED) is 0.655. The van der Waals surface area contributed by atoms with Gasteiger partial charge < -0.3 is 0 Å². The van der Waals surface area contributed by atoms with Crippen molar-refractivity contribution in [2.24, 2.45) is 0 Å². The number of hydrogen-bond acceptors (Lipinski definition) is 1. The summed E-state index contributed by atoms with van der Waals surface area (Å²) in [6.45, 7) is 11.2. The Hall–Kier alpha value is -1.23. The lowest BCUT2D eigenvalue weighted by atomic mass is 9.84. The zero-order valence-corrected chi connectivity index (χ0v) is 9.68. The molecule has 0 aliphatic heterocycles. The van der Waals surface area contributed by atoms with Gasteiger partial charge in [0.05, 0.1) is 11.1 Å². The van der Waals surface area contributed by atoms with Crippen molar-refractivity contribution in [1.29, 1.82) is 0 Å². The summed E-state index contributed by atoms with van der Waals surface area (Å²) >= 11 is 0. The fraction of sp³-hybridized carbons (Fsp3) is 0.583. The molecule has 14 heavy (non-hydrogen) atoms. The van der Waals surface area contributed by atoms with Crippen LogP contribution in [0.1, 0.15) is 37.7 Å². The number of aryl methyl sites for hydroxylation is 2. The Bertz CT molecular complexity index is 378. The first-order chi connectivity index (χ1) is 6.44. The summed E-state index contributed by atoms with van der Waals surface area (Å²) < 4.78 is 2.00. The fourth-order valence-corrected chi connectivity index (χ4v) is 1.98. The second kappa shape index (κ2) is 3.49. The van der Waals surface area contributed by atoms with Crippen molar-refractivity contribution in [2.45, 2.75) is 46.6 Å². The van der Waals surface area contributed by atoms with Gasteiger partial charge in [0.15, 0.2) is 0 Å². The normalized spacial score (nSPS) is 11.4. The average molecular weight is 190 g/mol. The zero-order valence-electron chi connectivity index (χ0n) is 9.68. The fourth-order valence-electron chi connectivity index (χ4n) is 1.98. The molecule has 1 rings (SSSR count). The van der Waals surface area contributed by atoms with E-state index < -0.39 is 0 Å². The van der Waals surface area contributed by atoms with Gasteiger partial charge in [-0.25, -0.2) is 0 Å². The van der Waals surface area contributed by atoms with E-state index in [1.165, 1.54) is 11.3 Å². The lowest BCUT2D eigenvalue weighted by Gasteiger charge is -2.18. The molecule has 0 spiro atoms. The predicted octanol–water partition coefficient (Wildman–Crippen LogP) is 2.43. The average Bonchev–Trinajstić information content (AvgIpc) is 2.41. The topological polar surface area (TPSA) is 17.8 Å². The van der Waals surface area contributed by atoms with Crippen LogP contribution in [-0.2, 0) is 12.0 Å². The van der Waals surface area contributed by atoms with Gasteiger partial charge in [-0.1, -0.05) is 5.92 Å². The predicted molar refractivity (Wildman–Crippen MR) is 59.2 cm³/mol. The van der Waals surface area contributed by atoms with Crippen molar-refractivity contribution in [3.63, 3.8) is 0 Å². The van der Waals surface area contributed by atoms with Crippen molar-refractivity contribution >= 4 is 0 Å². The minimum atomic E-state index is -0.221. The Morgan fingerprint density at radius 3 is 2.36 bits per heavy atom. The zero-order chi connectivity index (χ0) is 10.9. The highest BCUT2D eigenvalue weighted by molar-refractivity contribution is 5.38. The molecule has 76 valence electrons. The number of terminal acetylenes is 1. The van der Waals surface area contributed by atoms with Gasteiger partial charge in [0.2, 0.25) is 0 Å². The Morgan fingerprint density at radius 1 is 1.43 bits per heavy atom. The maximum Gasteiger partial charge on any atom is 0.0643 e. The van der Waals surface area contributed by atoms with Crippen LogP contribution in [0.5, 0.6) is 0 Å². The monoisotopic (exact) mass is 190 g/mol. The molecule has 1 aromatic rings. The van der Waals surface area contributed by atoms with Gasteiger partial charge in [-0.2, -0.15) is 5.10 Å². The van der Waals surface area contributed by atoms with Gasteiger partial charge in [-0.15, -0.1) is 6.42 Å². The summed E-state index contributed by atoms with van der Waals surface area (Å²) in [5.41, 5.74) is 3.21. The van der Waals surface area contributed by atoms with E-state index in [9.17, 15) is 0 Å². The summed E-state index contributed by atoms with van der Waals surface area (Å²) in [5, 5.41) is 4.46. The van der Waals surface area contributed by atoms with Crippen molar-refractivity contribution in [1.82, 2.24) is 9.78 Å². The first-order valence-electron chi connectivity index (χ1n) is 4.96. The van der Waals surface area contributed by atoms with E-state index in [1.807, 2.05) is 11.6 Å². The third-order valence-electron chi connectivity index (χ3n) is 2.67. The second-order valence-electron chi connectivity index (χ2n) is 4.13. The number of hydrogen-bond donors (Lipinski definition) is 0. The van der Waals surface area contributed by atoms with Crippen LogP contribution in [0, 0.1) is 26.2 Å². The van der Waals surface area contributed by atoms with Crippen LogP contribution < -0.4 is 0 Å². The summed E-state index contributed by atoms with van der Waals surface area (Å²) in [4.78, 5) is 0. The van der Waals surface area contributed by atoms with Gasteiger partial charge in [-0.3, -0.25) is 4.68 Å². The summed E-state index contributed by atoms with van der Waals surface area (Å²) in [6.07, 6.45) is 5.54. The molecule has 0 atom stereocenters. The third-order valence-corrected chi connectivity index (χ3v) is 2.67. The molecule has 0 radical (unpaired) electrons. The lowest BCUT2D eigenvalue weighted by Crippen LogP contribution is -2.16. The van der Waals surface area contributed by atoms with Gasteiger partial charge >= 0.3 is 0 Å². The van der Waals surface area contributed by atoms with Crippen LogP contribution in [-0.4, -0.2) is 9.78 Å². The van der Waals surface area contributed by atoms with Crippen LogP contribution in [0.2, 0.25) is 0 Å². The van der Waals surface area contributed by atoms with Crippen molar-refractivity contribution in [3.05, 3.63) is 17.0 Å². The molecule has 2 nitrogen and oxygen atoms in total. The van der Waals surface area contributed by atoms with Crippen LogP contribution in [0.4, 0.5) is 0 Å². The highest BCUT2D eigenvalue weighted by Gasteiger charge is 2.25. The molecular weight excluding hydrogens is 172 g/mol. The Kier molecular flexibility index (Phi) is 2.71. The van der Waals surface area contributed by atoms with E-state index in [0.29, 0.717) is 0 Å². The molecule has 0 saturated heterocycles. The molecule has 0 aliphatic carbocycles. The Balaban J connectivity index is 3.36. The van der Waals surface area contributed by atoms with Crippen molar-refractivity contribution < 1.29 is 0 Å². The first-order valence-corrected chi connectivity index (χ1v) is 4.96. The first kappa shape index (κ1) is 10.8. The molecule has 0 aromatic carbocycles. The highest BCUT2D eigenvalue weighted by atomic mass is 15.3. The molecule has 2 heteroatoms. The summed E-state index contributed by atoms with van der Waals surface area (Å²) in [5.74, 6) is 2.82. The molecule has 0 unspecified atom stereocenters. The second-order valence-corrected chi connectivity index (χ2v) is 4.13. The summed E-state index contributed by atoms with van der Waals surface area (Å²) in [7, 11) is 0. The van der Waals surface area contributed by atoms with Crippen LogP contribution in [0.15, 0.2) is 0 Å². The third kappa shape index (κ3) is 1.55. The smallest absolute Gasteiger partial charge is 0.0643 e. The summed E-state index contributed by atoms with van der Waals surface area (Å²) in [6, 6.07) is 0. The SMILES string of the molecule is C#CC(C)(C)c1c(C)nn(CC)c1C. The number of nitrogens with zero attached hydrogens (tertiary/aromatic N) is 2. The van der Waals surface area contributed by atoms with E-state index in [4.69, 9.17) is 6.42 Å². The largest absolute Gasteiger partial charge is 0.270 e. The van der Waals surface area contributed by atoms with E-state index in [1.54, 1.807) is 0 Å². The van der Waals surface area contributed by atoms with Crippen LogP contribution in [0.25, 0.3) is 0 Å². The minimum Gasteiger partial charge on any atom is -0.270 e. The maximum atomic E-state index is 5.54.